The fraction of sp³-hybridized carbons (Fsp3) is 0.600. The van der Waals surface area contributed by atoms with E-state index in [1.165, 1.54) is 19.4 Å². The predicted octanol–water partition coefficient (Wildman–Crippen LogP) is 2.87. The lowest BCUT2D eigenvalue weighted by molar-refractivity contribution is -0.0353. The SMILES string of the molecule is OC1(Cc2ccccc2Cl)CCN2CCCC2C1. The van der Waals surface area contributed by atoms with Gasteiger partial charge in [0.2, 0.25) is 0 Å². The van der Waals surface area contributed by atoms with Crippen molar-refractivity contribution >= 4 is 11.6 Å². The van der Waals surface area contributed by atoms with Gasteiger partial charge in [0.05, 0.1) is 5.60 Å². The molecular weight excluding hydrogens is 246 g/mol. The van der Waals surface area contributed by atoms with Crippen molar-refractivity contribution in [3.05, 3.63) is 34.9 Å². The largest absolute Gasteiger partial charge is 0.389 e. The van der Waals surface area contributed by atoms with Crippen molar-refractivity contribution in [2.24, 2.45) is 0 Å². The van der Waals surface area contributed by atoms with E-state index < -0.39 is 5.60 Å². The van der Waals surface area contributed by atoms with Crippen molar-refractivity contribution in [3.63, 3.8) is 0 Å². The zero-order valence-corrected chi connectivity index (χ0v) is 11.4. The maximum atomic E-state index is 10.8. The molecule has 0 aliphatic carbocycles. The summed E-state index contributed by atoms with van der Waals surface area (Å²) in [7, 11) is 0. The lowest BCUT2D eigenvalue weighted by Crippen LogP contribution is -2.48. The molecule has 1 aromatic rings. The molecule has 0 radical (unpaired) electrons. The normalized spacial score (nSPS) is 32.4. The Morgan fingerprint density at radius 1 is 1.33 bits per heavy atom. The highest BCUT2D eigenvalue weighted by molar-refractivity contribution is 6.31. The molecule has 2 heterocycles. The van der Waals surface area contributed by atoms with Gasteiger partial charge in [-0.25, -0.2) is 0 Å². The summed E-state index contributed by atoms with van der Waals surface area (Å²) in [6.07, 6.45) is 4.99. The molecule has 18 heavy (non-hydrogen) atoms. The summed E-state index contributed by atoms with van der Waals surface area (Å²) in [5.41, 5.74) is 0.518. The Kier molecular flexibility index (Phi) is 3.35. The number of hydrogen-bond donors (Lipinski definition) is 1. The molecule has 2 atom stereocenters. The van der Waals surface area contributed by atoms with Crippen LogP contribution in [0.5, 0.6) is 0 Å². The molecule has 0 saturated carbocycles. The highest BCUT2D eigenvalue weighted by Gasteiger charge is 2.40. The van der Waals surface area contributed by atoms with Crippen molar-refractivity contribution in [2.75, 3.05) is 13.1 Å². The molecule has 98 valence electrons. The fourth-order valence-corrected chi connectivity index (χ4v) is 3.67. The molecule has 2 saturated heterocycles. The van der Waals surface area contributed by atoms with E-state index >= 15 is 0 Å². The predicted molar refractivity (Wildman–Crippen MR) is 73.9 cm³/mol. The molecule has 1 aromatic carbocycles. The number of rotatable bonds is 2. The van der Waals surface area contributed by atoms with Crippen LogP contribution in [0, 0.1) is 0 Å². The van der Waals surface area contributed by atoms with E-state index in [0.717, 1.165) is 30.0 Å². The van der Waals surface area contributed by atoms with E-state index in [0.29, 0.717) is 12.5 Å². The highest BCUT2D eigenvalue weighted by atomic mass is 35.5. The second-order valence-corrected chi connectivity index (χ2v) is 6.19. The first-order valence-corrected chi connectivity index (χ1v) is 7.24. The van der Waals surface area contributed by atoms with Gasteiger partial charge in [0.15, 0.2) is 0 Å². The Bertz CT molecular complexity index is 436. The quantitative estimate of drug-likeness (QED) is 0.889. The number of benzene rings is 1. The van der Waals surface area contributed by atoms with E-state index in [1.54, 1.807) is 0 Å². The topological polar surface area (TPSA) is 23.5 Å². The lowest BCUT2D eigenvalue weighted by Gasteiger charge is -2.41. The van der Waals surface area contributed by atoms with Crippen molar-refractivity contribution < 1.29 is 5.11 Å². The first kappa shape index (κ1) is 12.5. The zero-order chi connectivity index (χ0) is 12.6. The van der Waals surface area contributed by atoms with Crippen LogP contribution in [-0.4, -0.2) is 34.7 Å². The van der Waals surface area contributed by atoms with Gasteiger partial charge in [-0.2, -0.15) is 0 Å². The average molecular weight is 266 g/mol. The molecule has 3 heteroatoms. The van der Waals surface area contributed by atoms with Crippen LogP contribution in [0.25, 0.3) is 0 Å². The minimum atomic E-state index is -0.559. The van der Waals surface area contributed by atoms with Gasteiger partial charge in [0.1, 0.15) is 0 Å². The number of hydrogen-bond acceptors (Lipinski definition) is 2. The number of piperidine rings is 1. The minimum absolute atomic E-state index is 0.559. The van der Waals surface area contributed by atoms with Crippen LogP contribution >= 0.6 is 11.6 Å². The van der Waals surface area contributed by atoms with Crippen LogP contribution in [0.3, 0.4) is 0 Å². The van der Waals surface area contributed by atoms with Gasteiger partial charge in [-0.3, -0.25) is 0 Å². The number of nitrogens with zero attached hydrogens (tertiary/aromatic N) is 1. The summed E-state index contributed by atoms with van der Waals surface area (Å²) in [6.45, 7) is 2.25. The molecule has 0 aromatic heterocycles. The molecule has 2 unspecified atom stereocenters. The highest BCUT2D eigenvalue weighted by Crippen LogP contribution is 2.36. The molecule has 1 N–H and O–H groups in total. The van der Waals surface area contributed by atoms with E-state index in [2.05, 4.69) is 4.90 Å². The van der Waals surface area contributed by atoms with Gasteiger partial charge in [0.25, 0.3) is 0 Å². The third-order valence-electron chi connectivity index (χ3n) is 4.46. The summed E-state index contributed by atoms with van der Waals surface area (Å²) >= 11 is 6.20. The number of aliphatic hydroxyl groups is 1. The Labute approximate surface area is 114 Å². The Morgan fingerprint density at radius 3 is 3.00 bits per heavy atom. The van der Waals surface area contributed by atoms with E-state index in [9.17, 15) is 5.11 Å². The van der Waals surface area contributed by atoms with Gasteiger partial charge in [-0.1, -0.05) is 29.8 Å². The van der Waals surface area contributed by atoms with Gasteiger partial charge in [0, 0.05) is 24.0 Å². The van der Waals surface area contributed by atoms with Crippen LogP contribution < -0.4 is 0 Å². The Hall–Kier alpha value is -0.570. The van der Waals surface area contributed by atoms with Crippen molar-refractivity contribution in [1.29, 1.82) is 0 Å². The lowest BCUT2D eigenvalue weighted by atomic mass is 9.82. The Balaban J connectivity index is 1.74. The van der Waals surface area contributed by atoms with Crippen LogP contribution in [-0.2, 0) is 6.42 Å². The summed E-state index contributed by atoms with van der Waals surface area (Å²) in [6, 6.07) is 8.46. The average Bonchev–Trinajstić information content (AvgIpc) is 2.79. The fourth-order valence-electron chi connectivity index (χ4n) is 3.47. The third-order valence-corrected chi connectivity index (χ3v) is 4.83. The van der Waals surface area contributed by atoms with Gasteiger partial charge in [-0.15, -0.1) is 0 Å². The minimum Gasteiger partial charge on any atom is -0.389 e. The van der Waals surface area contributed by atoms with E-state index in [-0.39, 0.29) is 0 Å². The van der Waals surface area contributed by atoms with Crippen LogP contribution in [0.4, 0.5) is 0 Å². The summed E-state index contributed by atoms with van der Waals surface area (Å²) < 4.78 is 0. The second-order valence-electron chi connectivity index (χ2n) is 5.78. The monoisotopic (exact) mass is 265 g/mol. The van der Waals surface area contributed by atoms with Gasteiger partial charge < -0.3 is 10.0 Å². The van der Waals surface area contributed by atoms with Crippen molar-refractivity contribution in [1.82, 2.24) is 4.90 Å². The molecule has 0 bridgehead atoms. The van der Waals surface area contributed by atoms with Crippen LogP contribution in [0.1, 0.15) is 31.2 Å². The standard InChI is InChI=1S/C15H20ClNO/c16-14-6-2-1-4-12(14)10-15(18)7-9-17-8-3-5-13(17)11-15/h1-2,4,6,13,18H,3,5,7-11H2. The molecular formula is C15H20ClNO. The second kappa shape index (κ2) is 4.84. The summed E-state index contributed by atoms with van der Waals surface area (Å²) in [5.74, 6) is 0. The molecule has 3 rings (SSSR count). The number of fused-ring (bicyclic) bond motifs is 1. The summed E-state index contributed by atoms with van der Waals surface area (Å²) in [4.78, 5) is 2.53. The maximum absolute atomic E-state index is 10.8. The van der Waals surface area contributed by atoms with E-state index in [1.807, 2.05) is 24.3 Å². The van der Waals surface area contributed by atoms with Gasteiger partial charge >= 0.3 is 0 Å². The smallest absolute Gasteiger partial charge is 0.0715 e. The van der Waals surface area contributed by atoms with Crippen molar-refractivity contribution in [2.45, 2.75) is 43.7 Å². The molecule has 2 fully saturated rings. The molecule has 0 amide bonds. The van der Waals surface area contributed by atoms with E-state index in [4.69, 9.17) is 11.6 Å². The maximum Gasteiger partial charge on any atom is 0.0715 e. The third kappa shape index (κ3) is 2.42. The Morgan fingerprint density at radius 2 is 2.17 bits per heavy atom. The number of halogens is 1. The van der Waals surface area contributed by atoms with Gasteiger partial charge in [-0.05, 0) is 43.9 Å². The first-order valence-electron chi connectivity index (χ1n) is 6.86. The molecule has 2 aliphatic heterocycles. The molecule has 2 aliphatic rings. The van der Waals surface area contributed by atoms with Crippen LogP contribution in [0.2, 0.25) is 5.02 Å². The summed E-state index contributed by atoms with van der Waals surface area (Å²) in [5, 5.41) is 11.6. The zero-order valence-electron chi connectivity index (χ0n) is 10.6. The van der Waals surface area contributed by atoms with Crippen LogP contribution in [0.15, 0.2) is 24.3 Å². The molecule has 2 nitrogen and oxygen atoms in total. The van der Waals surface area contributed by atoms with Crippen molar-refractivity contribution in [3.8, 4) is 0 Å². The first-order chi connectivity index (χ1) is 8.66. The molecule has 0 spiro atoms.